The number of hydrogen-bond acceptors (Lipinski definition) is 4. The van der Waals surface area contributed by atoms with Crippen LogP contribution in [0.4, 0.5) is 5.88 Å². The van der Waals surface area contributed by atoms with Crippen molar-refractivity contribution in [2.45, 2.75) is 20.3 Å². The van der Waals surface area contributed by atoms with E-state index < -0.39 is 0 Å². The highest BCUT2D eigenvalue weighted by Crippen LogP contribution is 2.20. The third-order valence-corrected chi connectivity index (χ3v) is 2.35. The monoisotopic (exact) mass is 194 g/mol. The van der Waals surface area contributed by atoms with Crippen molar-refractivity contribution in [3.8, 4) is 6.07 Å². The van der Waals surface area contributed by atoms with Gasteiger partial charge in [0.05, 0.1) is 4.51 Å². The van der Waals surface area contributed by atoms with Crippen molar-refractivity contribution in [1.82, 2.24) is 0 Å². The van der Waals surface area contributed by atoms with Crippen LogP contribution >= 0.6 is 12.2 Å². The molecule has 0 aliphatic rings. The normalized spacial score (nSPS) is 9.62. The minimum absolute atomic E-state index is 0.113. The Bertz CT molecular complexity index is 428. The minimum atomic E-state index is 0.113. The molecule has 0 aliphatic heterocycles. The third-order valence-electron chi connectivity index (χ3n) is 1.90. The van der Waals surface area contributed by atoms with Gasteiger partial charge in [0.25, 0.3) is 0 Å². The lowest BCUT2D eigenvalue weighted by molar-refractivity contribution is 0.526. The maximum absolute atomic E-state index is 8.75. The van der Waals surface area contributed by atoms with Gasteiger partial charge in [-0.15, -0.1) is 0 Å². The number of nitrogens with two attached hydrogens (primary N) is 1. The first-order valence-electron chi connectivity index (χ1n) is 3.94. The van der Waals surface area contributed by atoms with E-state index >= 15 is 0 Å². The summed E-state index contributed by atoms with van der Waals surface area (Å²) in [5, 5.41) is 8.75. The van der Waals surface area contributed by atoms with Gasteiger partial charge < -0.3 is 10.2 Å². The molecule has 0 saturated carbocycles. The van der Waals surface area contributed by atoms with Crippen LogP contribution in [0.1, 0.15) is 23.8 Å². The molecule has 3 nitrogen and oxygen atoms in total. The predicted molar refractivity (Wildman–Crippen MR) is 52.8 cm³/mol. The number of anilines is 1. The molecule has 0 amide bonds. The maximum Gasteiger partial charge on any atom is 0.209 e. The number of nitrogens with zero attached hydrogens (tertiary/aromatic N) is 1. The van der Waals surface area contributed by atoms with Gasteiger partial charge in [-0.25, -0.2) is 0 Å². The Morgan fingerprint density at radius 2 is 2.23 bits per heavy atom. The molecule has 0 saturated heterocycles. The molecular weight excluding hydrogens is 184 g/mol. The average Bonchev–Trinajstić information content (AvgIpc) is 2.04. The van der Waals surface area contributed by atoms with Crippen LogP contribution < -0.4 is 5.73 Å². The molecular formula is C9H10N2OS. The van der Waals surface area contributed by atoms with Gasteiger partial charge in [-0.05, 0) is 13.3 Å². The molecule has 68 valence electrons. The molecule has 1 rings (SSSR count). The summed E-state index contributed by atoms with van der Waals surface area (Å²) in [5.41, 5.74) is 6.67. The van der Waals surface area contributed by atoms with Gasteiger partial charge in [0, 0.05) is 5.56 Å². The molecule has 0 aromatic carbocycles. The highest BCUT2D eigenvalue weighted by atomic mass is 32.1. The molecule has 0 fully saturated rings. The van der Waals surface area contributed by atoms with E-state index in [0.29, 0.717) is 10.3 Å². The lowest BCUT2D eigenvalue weighted by atomic mass is 10.1. The minimum Gasteiger partial charge on any atom is -0.444 e. The van der Waals surface area contributed by atoms with Crippen LogP contribution in [0, 0.1) is 22.8 Å². The van der Waals surface area contributed by atoms with Crippen LogP contribution in [0.5, 0.6) is 0 Å². The van der Waals surface area contributed by atoms with Crippen molar-refractivity contribution >= 4 is 18.1 Å². The van der Waals surface area contributed by atoms with E-state index in [1.807, 2.05) is 13.0 Å². The highest BCUT2D eigenvalue weighted by molar-refractivity contribution is 7.71. The number of nitrogen functional groups attached to an aromatic ring is 1. The zero-order chi connectivity index (χ0) is 10.0. The van der Waals surface area contributed by atoms with E-state index in [9.17, 15) is 0 Å². The van der Waals surface area contributed by atoms with E-state index in [4.69, 9.17) is 27.6 Å². The molecule has 0 spiro atoms. The SMILES string of the molecule is CCc1c(C)oc(N)c(C#N)c1=S. The number of aryl methyl sites for hydroxylation is 1. The van der Waals surface area contributed by atoms with Crippen LogP contribution in [-0.2, 0) is 6.42 Å². The Morgan fingerprint density at radius 1 is 1.62 bits per heavy atom. The lowest BCUT2D eigenvalue weighted by Gasteiger charge is -2.05. The first-order valence-corrected chi connectivity index (χ1v) is 4.34. The van der Waals surface area contributed by atoms with Crippen LogP contribution in [0.2, 0.25) is 0 Å². The van der Waals surface area contributed by atoms with Crippen LogP contribution in [0.15, 0.2) is 4.42 Å². The summed E-state index contributed by atoms with van der Waals surface area (Å²) in [6, 6.07) is 1.94. The molecule has 2 N–H and O–H groups in total. The van der Waals surface area contributed by atoms with Gasteiger partial charge in [-0.1, -0.05) is 19.1 Å². The molecule has 0 atom stereocenters. The Hall–Kier alpha value is -1.34. The van der Waals surface area contributed by atoms with Crippen molar-refractivity contribution in [3.63, 3.8) is 0 Å². The second-order valence-electron chi connectivity index (χ2n) is 2.67. The average molecular weight is 194 g/mol. The van der Waals surface area contributed by atoms with Crippen molar-refractivity contribution in [3.05, 3.63) is 21.4 Å². The molecule has 0 radical (unpaired) electrons. The fourth-order valence-electron chi connectivity index (χ4n) is 1.22. The Labute approximate surface area is 81.8 Å². The largest absolute Gasteiger partial charge is 0.444 e. The van der Waals surface area contributed by atoms with Gasteiger partial charge in [0.2, 0.25) is 5.88 Å². The van der Waals surface area contributed by atoms with Crippen molar-refractivity contribution in [2.24, 2.45) is 0 Å². The van der Waals surface area contributed by atoms with Crippen molar-refractivity contribution in [1.29, 1.82) is 5.26 Å². The lowest BCUT2D eigenvalue weighted by Crippen LogP contribution is -1.97. The number of rotatable bonds is 1. The number of hydrogen-bond donors (Lipinski definition) is 1. The summed E-state index contributed by atoms with van der Waals surface area (Å²) in [4.78, 5) is 0. The molecule has 0 bridgehead atoms. The van der Waals surface area contributed by atoms with E-state index in [-0.39, 0.29) is 11.4 Å². The zero-order valence-corrected chi connectivity index (χ0v) is 8.36. The molecule has 1 heterocycles. The summed E-state index contributed by atoms with van der Waals surface area (Å²) in [6.07, 6.45) is 0.753. The standard InChI is InChI=1S/C9H10N2OS/c1-3-6-5(2)12-9(11)7(4-10)8(6)13/h3,11H2,1-2H3. The molecule has 1 aromatic heterocycles. The Kier molecular flexibility index (Phi) is 2.69. The molecule has 0 unspecified atom stereocenters. The maximum atomic E-state index is 8.75. The third kappa shape index (κ3) is 1.56. The van der Waals surface area contributed by atoms with Gasteiger partial charge >= 0.3 is 0 Å². The summed E-state index contributed by atoms with van der Waals surface area (Å²) in [6.45, 7) is 3.76. The zero-order valence-electron chi connectivity index (χ0n) is 7.55. The van der Waals surface area contributed by atoms with Crippen molar-refractivity contribution in [2.75, 3.05) is 5.73 Å². The predicted octanol–water partition coefficient (Wildman–Crippen LogP) is 2.33. The van der Waals surface area contributed by atoms with E-state index in [2.05, 4.69) is 0 Å². The van der Waals surface area contributed by atoms with Crippen molar-refractivity contribution < 1.29 is 4.42 Å². The smallest absolute Gasteiger partial charge is 0.209 e. The fraction of sp³-hybridized carbons (Fsp3) is 0.333. The summed E-state index contributed by atoms with van der Waals surface area (Å²) in [7, 11) is 0. The van der Waals surface area contributed by atoms with E-state index in [1.54, 1.807) is 6.92 Å². The first kappa shape index (κ1) is 9.75. The molecule has 13 heavy (non-hydrogen) atoms. The molecule has 1 aromatic rings. The summed E-state index contributed by atoms with van der Waals surface area (Å²) in [5.74, 6) is 0.811. The fourth-order valence-corrected chi connectivity index (χ4v) is 1.65. The summed E-state index contributed by atoms with van der Waals surface area (Å²) >= 11 is 5.10. The Morgan fingerprint density at radius 3 is 2.69 bits per heavy atom. The van der Waals surface area contributed by atoms with Crippen LogP contribution in [0.25, 0.3) is 0 Å². The molecule has 4 heteroatoms. The van der Waals surface area contributed by atoms with E-state index in [0.717, 1.165) is 12.0 Å². The van der Waals surface area contributed by atoms with E-state index in [1.165, 1.54) is 0 Å². The van der Waals surface area contributed by atoms with Gasteiger partial charge in [-0.3, -0.25) is 0 Å². The topological polar surface area (TPSA) is 62.9 Å². The number of nitriles is 1. The Balaban J connectivity index is 3.61. The first-order chi connectivity index (χ1) is 6.11. The highest BCUT2D eigenvalue weighted by Gasteiger charge is 2.09. The quantitative estimate of drug-likeness (QED) is 0.697. The molecule has 0 aliphatic carbocycles. The van der Waals surface area contributed by atoms with Gasteiger partial charge in [0.15, 0.2) is 0 Å². The summed E-state index contributed by atoms with van der Waals surface area (Å²) < 4.78 is 5.71. The van der Waals surface area contributed by atoms with Crippen LogP contribution in [0.3, 0.4) is 0 Å². The van der Waals surface area contributed by atoms with Gasteiger partial charge in [0.1, 0.15) is 17.4 Å². The second kappa shape index (κ2) is 3.58. The van der Waals surface area contributed by atoms with Crippen LogP contribution in [-0.4, -0.2) is 0 Å². The van der Waals surface area contributed by atoms with Gasteiger partial charge in [-0.2, -0.15) is 5.26 Å². The second-order valence-corrected chi connectivity index (χ2v) is 3.08.